The van der Waals surface area contributed by atoms with Gasteiger partial charge in [-0.2, -0.15) is 0 Å². The monoisotopic (exact) mass is 350 g/mol. The molecule has 21 heavy (non-hydrogen) atoms. The summed E-state index contributed by atoms with van der Waals surface area (Å²) < 4.78 is 2.02. The minimum absolute atomic E-state index is 0.0815. The molecule has 110 valence electrons. The number of hydrogen-bond acceptors (Lipinski definition) is 3. The quantitative estimate of drug-likeness (QED) is 0.832. The molecular formula is C15H15BrN2O3. The lowest BCUT2D eigenvalue weighted by Gasteiger charge is -2.16. The number of hydrogen-bond donors (Lipinski definition) is 2. The van der Waals surface area contributed by atoms with E-state index in [4.69, 9.17) is 0 Å². The molecule has 1 aromatic heterocycles. The highest BCUT2D eigenvalue weighted by molar-refractivity contribution is 9.10. The summed E-state index contributed by atoms with van der Waals surface area (Å²) in [6.45, 7) is 5.39. The number of rotatable bonds is 4. The van der Waals surface area contributed by atoms with E-state index in [2.05, 4.69) is 27.5 Å². The number of allylic oxidation sites excluding steroid dienone is 1. The zero-order valence-corrected chi connectivity index (χ0v) is 13.1. The molecule has 0 amide bonds. The van der Waals surface area contributed by atoms with Gasteiger partial charge in [0.25, 0.3) is 5.56 Å². The van der Waals surface area contributed by atoms with Crippen LogP contribution in [0.1, 0.15) is 19.4 Å². The van der Waals surface area contributed by atoms with Crippen molar-refractivity contribution in [3.8, 4) is 17.0 Å². The first-order chi connectivity index (χ1) is 9.95. The Bertz CT molecular complexity index is 775. The van der Waals surface area contributed by atoms with E-state index in [1.54, 1.807) is 37.3 Å². The van der Waals surface area contributed by atoms with E-state index < -0.39 is 11.2 Å². The highest BCUT2D eigenvalue weighted by atomic mass is 79.9. The lowest BCUT2D eigenvalue weighted by molar-refractivity contribution is 0.375. The number of aromatic hydroxyl groups is 1. The van der Waals surface area contributed by atoms with Crippen molar-refractivity contribution in [1.29, 1.82) is 0 Å². The minimum atomic E-state index is -0.632. The van der Waals surface area contributed by atoms with Crippen LogP contribution >= 0.6 is 15.9 Å². The number of nitrogens with one attached hydrogen (secondary N) is 1. The van der Waals surface area contributed by atoms with Crippen molar-refractivity contribution in [3.63, 3.8) is 0 Å². The molecule has 0 fully saturated rings. The Morgan fingerprint density at radius 1 is 1.38 bits per heavy atom. The maximum absolute atomic E-state index is 12.0. The van der Waals surface area contributed by atoms with Crippen LogP contribution in [0.15, 0.2) is 51.0 Å². The molecule has 5 nitrogen and oxygen atoms in total. The van der Waals surface area contributed by atoms with Crippen LogP contribution in [0.25, 0.3) is 11.1 Å². The van der Waals surface area contributed by atoms with E-state index in [1.165, 1.54) is 4.57 Å². The summed E-state index contributed by atoms with van der Waals surface area (Å²) in [5.41, 5.74) is -0.621. The highest BCUT2D eigenvalue weighted by Crippen LogP contribution is 2.27. The van der Waals surface area contributed by atoms with Crippen LogP contribution in [-0.2, 0) is 0 Å². The number of benzene rings is 1. The number of halogens is 1. The highest BCUT2D eigenvalue weighted by Gasteiger charge is 2.18. The summed E-state index contributed by atoms with van der Waals surface area (Å²) in [5.74, 6) is -0.333. The number of H-pyrrole nitrogens is 1. The second-order valence-electron chi connectivity index (χ2n) is 4.71. The van der Waals surface area contributed by atoms with Gasteiger partial charge in [0.05, 0.1) is 0 Å². The molecule has 0 aliphatic carbocycles. The zero-order valence-electron chi connectivity index (χ0n) is 11.5. The van der Waals surface area contributed by atoms with Gasteiger partial charge >= 0.3 is 5.69 Å². The molecule has 2 N–H and O–H groups in total. The van der Waals surface area contributed by atoms with Gasteiger partial charge in [0, 0.05) is 10.5 Å². The van der Waals surface area contributed by atoms with Crippen LogP contribution < -0.4 is 11.2 Å². The Morgan fingerprint density at radius 3 is 2.57 bits per heavy atom. The van der Waals surface area contributed by atoms with E-state index in [1.807, 2.05) is 0 Å². The Kier molecular flexibility index (Phi) is 4.47. The molecular weight excluding hydrogens is 336 g/mol. The number of aromatic amines is 1. The van der Waals surface area contributed by atoms with Gasteiger partial charge < -0.3 is 5.11 Å². The molecule has 0 aliphatic rings. The van der Waals surface area contributed by atoms with E-state index in [0.717, 1.165) is 4.47 Å². The zero-order chi connectivity index (χ0) is 15.6. The van der Waals surface area contributed by atoms with Gasteiger partial charge in [-0.25, -0.2) is 4.79 Å². The molecule has 1 atom stereocenters. The van der Waals surface area contributed by atoms with Crippen molar-refractivity contribution in [2.45, 2.75) is 19.4 Å². The van der Waals surface area contributed by atoms with Crippen molar-refractivity contribution >= 4 is 15.9 Å². The van der Waals surface area contributed by atoms with Crippen LogP contribution in [-0.4, -0.2) is 14.7 Å². The van der Waals surface area contributed by atoms with E-state index >= 15 is 0 Å². The van der Waals surface area contributed by atoms with Crippen molar-refractivity contribution in [2.75, 3.05) is 0 Å². The summed E-state index contributed by atoms with van der Waals surface area (Å²) >= 11 is 3.31. The average Bonchev–Trinajstić information content (AvgIpc) is 2.40. The summed E-state index contributed by atoms with van der Waals surface area (Å²) in [6.07, 6.45) is 2.15. The van der Waals surface area contributed by atoms with Crippen LogP contribution in [0.3, 0.4) is 0 Å². The first-order valence-corrected chi connectivity index (χ1v) is 7.19. The van der Waals surface area contributed by atoms with Crippen LogP contribution in [0.2, 0.25) is 0 Å². The summed E-state index contributed by atoms with van der Waals surface area (Å²) in [6, 6.07) is 6.61. The fraction of sp³-hybridized carbons (Fsp3) is 0.200. The fourth-order valence-corrected chi connectivity index (χ4v) is 2.43. The van der Waals surface area contributed by atoms with E-state index in [-0.39, 0.29) is 17.5 Å². The van der Waals surface area contributed by atoms with Crippen LogP contribution in [0.4, 0.5) is 0 Å². The smallest absolute Gasteiger partial charge is 0.331 e. The van der Waals surface area contributed by atoms with Gasteiger partial charge in [-0.1, -0.05) is 34.1 Å². The topological polar surface area (TPSA) is 75.1 Å². The SMILES string of the molecule is C=CCC(C)n1c(O)c(-c2ccc(Br)cc2)c(=O)[nH]c1=O. The first-order valence-electron chi connectivity index (χ1n) is 6.40. The molecule has 0 saturated carbocycles. The molecule has 2 aromatic rings. The van der Waals surface area contributed by atoms with Gasteiger partial charge in [0.1, 0.15) is 5.56 Å². The maximum Gasteiger partial charge on any atom is 0.331 e. The fourth-order valence-electron chi connectivity index (χ4n) is 2.17. The molecule has 6 heteroatoms. The Hall–Kier alpha value is -2.08. The lowest BCUT2D eigenvalue weighted by atomic mass is 10.1. The maximum atomic E-state index is 12.0. The van der Waals surface area contributed by atoms with Crippen molar-refractivity contribution in [3.05, 3.63) is 62.2 Å². The van der Waals surface area contributed by atoms with Crippen LogP contribution in [0, 0.1) is 0 Å². The third-order valence-corrected chi connectivity index (χ3v) is 3.73. The lowest BCUT2D eigenvalue weighted by Crippen LogP contribution is -2.32. The van der Waals surface area contributed by atoms with Gasteiger partial charge in [0.15, 0.2) is 0 Å². The molecule has 1 unspecified atom stereocenters. The summed E-state index contributed by atoms with van der Waals surface area (Å²) in [5, 5.41) is 10.4. The molecule has 0 saturated heterocycles. The molecule has 1 aromatic carbocycles. The van der Waals surface area contributed by atoms with E-state index in [0.29, 0.717) is 12.0 Å². The normalized spacial score (nSPS) is 12.1. The molecule has 0 radical (unpaired) electrons. The molecule has 2 rings (SSSR count). The summed E-state index contributed by atoms with van der Waals surface area (Å²) in [4.78, 5) is 26.2. The van der Waals surface area contributed by atoms with E-state index in [9.17, 15) is 14.7 Å². The third-order valence-electron chi connectivity index (χ3n) is 3.20. The predicted molar refractivity (Wildman–Crippen MR) is 85.6 cm³/mol. The third kappa shape index (κ3) is 3.00. The van der Waals surface area contributed by atoms with Crippen LogP contribution in [0.5, 0.6) is 5.88 Å². The average molecular weight is 351 g/mol. The molecule has 1 heterocycles. The van der Waals surface area contributed by atoms with Crippen molar-refractivity contribution in [2.24, 2.45) is 0 Å². The van der Waals surface area contributed by atoms with Crippen molar-refractivity contribution < 1.29 is 5.11 Å². The Morgan fingerprint density at radius 2 is 2.00 bits per heavy atom. The largest absolute Gasteiger partial charge is 0.494 e. The second kappa shape index (κ2) is 6.13. The predicted octanol–water partition coefficient (Wildman–Crippen LogP) is 2.81. The Labute approximate surface area is 129 Å². The molecule has 0 bridgehead atoms. The van der Waals surface area contributed by atoms with Gasteiger partial charge in [-0.05, 0) is 31.0 Å². The number of nitrogens with zero attached hydrogens (tertiary/aromatic N) is 1. The van der Waals surface area contributed by atoms with Gasteiger partial charge in [0.2, 0.25) is 5.88 Å². The molecule has 0 spiro atoms. The Balaban J connectivity index is 2.70. The second-order valence-corrected chi connectivity index (χ2v) is 5.62. The number of aromatic nitrogens is 2. The van der Waals surface area contributed by atoms with Crippen molar-refractivity contribution in [1.82, 2.24) is 9.55 Å². The minimum Gasteiger partial charge on any atom is -0.494 e. The summed E-state index contributed by atoms with van der Waals surface area (Å²) in [7, 11) is 0. The van der Waals surface area contributed by atoms with Gasteiger partial charge in [-0.15, -0.1) is 6.58 Å². The first kappa shape index (κ1) is 15.3. The standard InChI is InChI=1S/C15H15BrN2O3/c1-3-4-9(2)18-14(20)12(13(19)17-15(18)21)10-5-7-11(16)8-6-10/h3,5-9,20H,1,4H2,2H3,(H,17,19,21). The molecule has 0 aliphatic heterocycles. The van der Waals surface area contributed by atoms with Gasteiger partial charge in [-0.3, -0.25) is 14.3 Å².